The van der Waals surface area contributed by atoms with E-state index >= 15 is 0 Å². The number of carbonyl (C=O) groups is 1. The van der Waals surface area contributed by atoms with Crippen molar-refractivity contribution in [2.45, 2.75) is 36.6 Å². The third-order valence-corrected chi connectivity index (χ3v) is 6.04. The number of hydrogen-bond donors (Lipinski definition) is 2. The summed E-state index contributed by atoms with van der Waals surface area (Å²) in [7, 11) is -3.53. The predicted molar refractivity (Wildman–Crippen MR) is 94.7 cm³/mol. The number of hydrogen-bond acceptors (Lipinski definition) is 4. The molecule has 1 aliphatic carbocycles. The second-order valence-corrected chi connectivity index (χ2v) is 8.11. The van der Waals surface area contributed by atoms with Gasteiger partial charge >= 0.3 is 0 Å². The van der Waals surface area contributed by atoms with Crippen molar-refractivity contribution in [3.63, 3.8) is 0 Å². The Morgan fingerprint density at radius 1 is 1.21 bits per heavy atom. The first-order valence-corrected chi connectivity index (χ1v) is 9.59. The summed E-state index contributed by atoms with van der Waals surface area (Å²) < 4.78 is 27.2. The molecule has 1 saturated heterocycles. The van der Waals surface area contributed by atoms with Gasteiger partial charge in [-0.05, 0) is 56.3 Å². The molecule has 1 aromatic carbocycles. The van der Waals surface area contributed by atoms with Crippen molar-refractivity contribution < 1.29 is 13.2 Å². The Balaban J connectivity index is 0.00000208. The summed E-state index contributed by atoms with van der Waals surface area (Å²) in [6.45, 7) is 2.01. The normalized spacial score (nSPS) is 19.0. The molecule has 2 aliphatic rings. The number of rotatable bonds is 5. The summed E-state index contributed by atoms with van der Waals surface area (Å²) in [6, 6.07) is 6.36. The number of halogens is 1. The zero-order valence-corrected chi connectivity index (χ0v) is 15.1. The number of benzene rings is 1. The summed E-state index contributed by atoms with van der Waals surface area (Å²) in [5.74, 6) is 0.373. The predicted octanol–water partition coefficient (Wildman–Crippen LogP) is 1.36. The summed E-state index contributed by atoms with van der Waals surface area (Å²) >= 11 is 0. The Bertz CT molecular complexity index is 684. The molecule has 0 radical (unpaired) electrons. The van der Waals surface area contributed by atoms with Crippen molar-refractivity contribution in [3.8, 4) is 0 Å². The largest absolute Gasteiger partial charge is 0.339 e. The minimum atomic E-state index is -3.53. The van der Waals surface area contributed by atoms with Gasteiger partial charge in [0.2, 0.25) is 10.0 Å². The molecule has 24 heavy (non-hydrogen) atoms. The molecular formula is C16H24ClN3O3S. The lowest BCUT2D eigenvalue weighted by Gasteiger charge is -2.31. The van der Waals surface area contributed by atoms with Crippen LogP contribution in [0.3, 0.4) is 0 Å². The van der Waals surface area contributed by atoms with Crippen LogP contribution in [-0.2, 0) is 10.0 Å². The standard InChI is InChI=1S/C16H23N3O3S.ClH/c17-11-12-6-8-19(9-7-12)16(20)13-2-1-3-15(10-13)23(21,22)18-14-4-5-14;/h1-3,10,12,14,18H,4-9,11,17H2;1H. The molecule has 6 nitrogen and oxygen atoms in total. The summed E-state index contributed by atoms with van der Waals surface area (Å²) in [4.78, 5) is 14.5. The highest BCUT2D eigenvalue weighted by atomic mass is 35.5. The first-order valence-electron chi connectivity index (χ1n) is 8.11. The summed E-state index contributed by atoms with van der Waals surface area (Å²) in [5.41, 5.74) is 6.10. The number of sulfonamides is 1. The van der Waals surface area contributed by atoms with Gasteiger partial charge in [-0.3, -0.25) is 4.79 Å². The van der Waals surface area contributed by atoms with Crippen molar-refractivity contribution in [1.29, 1.82) is 0 Å². The van der Waals surface area contributed by atoms with E-state index in [1.54, 1.807) is 17.0 Å². The maximum atomic E-state index is 12.6. The van der Waals surface area contributed by atoms with Crippen LogP contribution in [0, 0.1) is 5.92 Å². The van der Waals surface area contributed by atoms with Gasteiger partial charge in [0.1, 0.15) is 0 Å². The molecule has 3 rings (SSSR count). The zero-order valence-electron chi connectivity index (χ0n) is 13.5. The maximum Gasteiger partial charge on any atom is 0.253 e. The molecule has 3 N–H and O–H groups in total. The van der Waals surface area contributed by atoms with E-state index in [0.29, 0.717) is 31.1 Å². The highest BCUT2D eigenvalue weighted by Gasteiger charge is 2.29. The molecule has 1 saturated carbocycles. The topological polar surface area (TPSA) is 92.5 Å². The van der Waals surface area contributed by atoms with Crippen LogP contribution in [0.5, 0.6) is 0 Å². The Kier molecular flexibility index (Phi) is 6.25. The summed E-state index contributed by atoms with van der Waals surface area (Å²) in [6.07, 6.45) is 3.58. The van der Waals surface area contributed by atoms with E-state index in [2.05, 4.69) is 4.72 Å². The molecule has 0 unspecified atom stereocenters. The molecule has 1 amide bonds. The number of nitrogens with zero attached hydrogens (tertiary/aromatic N) is 1. The van der Waals surface area contributed by atoms with Gasteiger partial charge in [0, 0.05) is 24.7 Å². The van der Waals surface area contributed by atoms with Crippen LogP contribution < -0.4 is 10.5 Å². The van der Waals surface area contributed by atoms with Crippen molar-refractivity contribution in [2.75, 3.05) is 19.6 Å². The number of likely N-dealkylation sites (tertiary alicyclic amines) is 1. The smallest absolute Gasteiger partial charge is 0.253 e. The fraction of sp³-hybridized carbons (Fsp3) is 0.562. The molecule has 0 bridgehead atoms. The van der Waals surface area contributed by atoms with Crippen LogP contribution in [-0.4, -0.2) is 44.9 Å². The minimum Gasteiger partial charge on any atom is -0.339 e. The molecule has 0 spiro atoms. The molecule has 1 aromatic rings. The fourth-order valence-electron chi connectivity index (χ4n) is 2.84. The van der Waals surface area contributed by atoms with E-state index in [1.807, 2.05) is 0 Å². The number of carbonyl (C=O) groups excluding carboxylic acids is 1. The van der Waals surface area contributed by atoms with Crippen molar-refractivity contribution >= 4 is 28.3 Å². The second kappa shape index (κ2) is 7.82. The maximum absolute atomic E-state index is 12.6. The average Bonchev–Trinajstić information content (AvgIpc) is 3.37. The second-order valence-electron chi connectivity index (χ2n) is 6.39. The van der Waals surface area contributed by atoms with Gasteiger partial charge < -0.3 is 10.6 Å². The fourth-order valence-corrected chi connectivity index (χ4v) is 4.19. The van der Waals surface area contributed by atoms with Crippen LogP contribution in [0.15, 0.2) is 29.2 Å². The zero-order chi connectivity index (χ0) is 16.4. The lowest BCUT2D eigenvalue weighted by molar-refractivity contribution is 0.0693. The van der Waals surface area contributed by atoms with Crippen LogP contribution in [0.2, 0.25) is 0 Å². The Morgan fingerprint density at radius 3 is 2.46 bits per heavy atom. The minimum absolute atomic E-state index is 0. The van der Waals surface area contributed by atoms with Crippen LogP contribution in [0.25, 0.3) is 0 Å². The first-order chi connectivity index (χ1) is 11.0. The molecular weight excluding hydrogens is 350 g/mol. The highest BCUT2D eigenvalue weighted by molar-refractivity contribution is 7.89. The van der Waals surface area contributed by atoms with Crippen molar-refractivity contribution in [3.05, 3.63) is 29.8 Å². The van der Waals surface area contributed by atoms with Gasteiger partial charge in [-0.15, -0.1) is 12.4 Å². The van der Waals surface area contributed by atoms with E-state index in [0.717, 1.165) is 25.7 Å². The van der Waals surface area contributed by atoms with Crippen LogP contribution in [0.1, 0.15) is 36.0 Å². The average molecular weight is 374 g/mol. The Morgan fingerprint density at radius 2 is 1.88 bits per heavy atom. The number of nitrogens with one attached hydrogen (secondary N) is 1. The molecule has 8 heteroatoms. The third kappa shape index (κ3) is 4.47. The third-order valence-electron chi connectivity index (χ3n) is 4.53. The number of nitrogens with two attached hydrogens (primary N) is 1. The van der Waals surface area contributed by atoms with Gasteiger partial charge in [0.15, 0.2) is 0 Å². The quantitative estimate of drug-likeness (QED) is 0.815. The highest BCUT2D eigenvalue weighted by Crippen LogP contribution is 2.23. The van der Waals surface area contributed by atoms with E-state index in [9.17, 15) is 13.2 Å². The van der Waals surface area contributed by atoms with E-state index in [1.165, 1.54) is 12.1 Å². The molecule has 0 atom stereocenters. The van der Waals surface area contributed by atoms with Gasteiger partial charge in [-0.1, -0.05) is 6.07 Å². The van der Waals surface area contributed by atoms with Gasteiger partial charge in [-0.25, -0.2) is 13.1 Å². The Labute approximate surface area is 149 Å². The Hall–Kier alpha value is -1.15. The van der Waals surface area contributed by atoms with Crippen molar-refractivity contribution in [2.24, 2.45) is 11.7 Å². The van der Waals surface area contributed by atoms with Gasteiger partial charge in [0.05, 0.1) is 4.90 Å². The van der Waals surface area contributed by atoms with Gasteiger partial charge in [-0.2, -0.15) is 0 Å². The molecule has 0 aromatic heterocycles. The SMILES string of the molecule is Cl.NCC1CCN(C(=O)c2cccc(S(=O)(=O)NC3CC3)c2)CC1. The lowest BCUT2D eigenvalue weighted by Crippen LogP contribution is -2.40. The molecule has 134 valence electrons. The van der Waals surface area contributed by atoms with E-state index in [-0.39, 0.29) is 29.3 Å². The first kappa shape index (κ1) is 19.2. The lowest BCUT2D eigenvalue weighted by atomic mass is 9.96. The number of amides is 1. The molecule has 1 heterocycles. The monoisotopic (exact) mass is 373 g/mol. The van der Waals surface area contributed by atoms with Crippen molar-refractivity contribution in [1.82, 2.24) is 9.62 Å². The van der Waals surface area contributed by atoms with Gasteiger partial charge in [0.25, 0.3) is 5.91 Å². The number of piperidine rings is 1. The molecule has 1 aliphatic heterocycles. The van der Waals surface area contributed by atoms with E-state index in [4.69, 9.17) is 5.73 Å². The van der Waals surface area contributed by atoms with E-state index < -0.39 is 10.0 Å². The van der Waals surface area contributed by atoms with Crippen LogP contribution in [0.4, 0.5) is 0 Å². The van der Waals surface area contributed by atoms with Crippen LogP contribution >= 0.6 is 12.4 Å². The summed E-state index contributed by atoms with van der Waals surface area (Å²) in [5, 5.41) is 0. The molecule has 2 fully saturated rings.